The first-order valence-electron chi connectivity index (χ1n) is 6.09. The van der Waals surface area contributed by atoms with Gasteiger partial charge in [0.1, 0.15) is 11.9 Å². The quantitative estimate of drug-likeness (QED) is 0.794. The van der Waals surface area contributed by atoms with E-state index in [4.69, 9.17) is 10.8 Å². The number of nitrogens with two attached hydrogens (primary N) is 1. The first kappa shape index (κ1) is 13.3. The van der Waals surface area contributed by atoms with Crippen LogP contribution >= 0.6 is 0 Å². The van der Waals surface area contributed by atoms with Gasteiger partial charge in [0, 0.05) is 12.2 Å². The highest BCUT2D eigenvalue weighted by atomic mass is 19.1. The molecular weight excluding hydrogens is 251 g/mol. The first-order chi connectivity index (χ1) is 9.00. The Bertz CT molecular complexity index is 519. The summed E-state index contributed by atoms with van der Waals surface area (Å²) >= 11 is 0. The van der Waals surface area contributed by atoms with Gasteiger partial charge in [0.25, 0.3) is 5.91 Å². The van der Waals surface area contributed by atoms with Crippen LogP contribution in [0.3, 0.4) is 0 Å². The Morgan fingerprint density at radius 2 is 2.11 bits per heavy atom. The van der Waals surface area contributed by atoms with Crippen LogP contribution in [0.1, 0.15) is 29.6 Å². The molecule has 0 aromatic heterocycles. The topological polar surface area (TPSA) is 83.6 Å². The van der Waals surface area contributed by atoms with E-state index in [1.165, 1.54) is 17.0 Å². The maximum atomic E-state index is 13.7. The zero-order valence-electron chi connectivity index (χ0n) is 10.3. The predicted octanol–water partition coefficient (Wildman–Crippen LogP) is 1.49. The van der Waals surface area contributed by atoms with Crippen LogP contribution in [0.5, 0.6) is 0 Å². The molecule has 6 heteroatoms. The highest BCUT2D eigenvalue weighted by Crippen LogP contribution is 2.22. The van der Waals surface area contributed by atoms with Gasteiger partial charge in [0.05, 0.1) is 5.56 Å². The number of carboxylic acids is 1. The van der Waals surface area contributed by atoms with Crippen molar-refractivity contribution in [2.45, 2.75) is 25.3 Å². The van der Waals surface area contributed by atoms with Crippen molar-refractivity contribution in [1.82, 2.24) is 4.90 Å². The van der Waals surface area contributed by atoms with Crippen LogP contribution in [-0.2, 0) is 4.79 Å². The van der Waals surface area contributed by atoms with Crippen molar-refractivity contribution in [3.05, 3.63) is 29.6 Å². The molecule has 1 amide bonds. The van der Waals surface area contributed by atoms with E-state index >= 15 is 0 Å². The van der Waals surface area contributed by atoms with Crippen molar-refractivity contribution in [3.8, 4) is 0 Å². The van der Waals surface area contributed by atoms with Gasteiger partial charge in [-0.3, -0.25) is 4.79 Å². The third-order valence-corrected chi connectivity index (χ3v) is 3.27. The van der Waals surface area contributed by atoms with E-state index in [0.717, 1.165) is 18.9 Å². The fraction of sp³-hybridized carbons (Fsp3) is 0.385. The number of anilines is 1. The second kappa shape index (κ2) is 5.26. The van der Waals surface area contributed by atoms with Gasteiger partial charge in [0.15, 0.2) is 0 Å². The third kappa shape index (κ3) is 2.67. The lowest BCUT2D eigenvalue weighted by Crippen LogP contribution is -2.48. The Hall–Kier alpha value is -2.11. The minimum atomic E-state index is -1.05. The van der Waals surface area contributed by atoms with E-state index in [0.29, 0.717) is 13.0 Å². The molecule has 5 nitrogen and oxygen atoms in total. The standard InChI is InChI=1S/C13H15FN2O3/c14-10-7-8(15)4-5-9(10)12(17)16-6-2-1-3-11(16)13(18)19/h4-5,7,11H,1-3,6,15H2,(H,18,19)/t11-/m0/s1. The Morgan fingerprint density at radius 3 is 2.74 bits per heavy atom. The molecule has 0 radical (unpaired) electrons. The number of nitrogens with zero attached hydrogens (tertiary/aromatic N) is 1. The molecule has 1 fully saturated rings. The Morgan fingerprint density at radius 1 is 1.37 bits per heavy atom. The molecule has 1 aliphatic heterocycles. The number of hydrogen-bond donors (Lipinski definition) is 2. The van der Waals surface area contributed by atoms with Crippen LogP contribution in [0.4, 0.5) is 10.1 Å². The summed E-state index contributed by atoms with van der Waals surface area (Å²) in [5.41, 5.74) is 5.51. The van der Waals surface area contributed by atoms with E-state index in [1.807, 2.05) is 0 Å². The van der Waals surface area contributed by atoms with E-state index in [2.05, 4.69) is 0 Å². The van der Waals surface area contributed by atoms with Crippen LogP contribution in [0.25, 0.3) is 0 Å². The molecule has 0 bridgehead atoms. The smallest absolute Gasteiger partial charge is 0.326 e. The SMILES string of the molecule is Nc1ccc(C(=O)N2CCCC[C@H]2C(=O)O)c(F)c1. The molecule has 0 spiro atoms. The van der Waals surface area contributed by atoms with Gasteiger partial charge < -0.3 is 15.7 Å². The number of halogens is 1. The monoisotopic (exact) mass is 266 g/mol. The molecule has 1 saturated heterocycles. The Balaban J connectivity index is 2.28. The normalized spacial score (nSPS) is 19.2. The molecule has 1 aliphatic rings. The molecule has 1 aromatic carbocycles. The zero-order chi connectivity index (χ0) is 14.0. The number of carbonyl (C=O) groups is 2. The van der Waals surface area contributed by atoms with Gasteiger partial charge >= 0.3 is 5.97 Å². The highest BCUT2D eigenvalue weighted by Gasteiger charge is 2.33. The van der Waals surface area contributed by atoms with Gasteiger partial charge in [-0.25, -0.2) is 9.18 Å². The average molecular weight is 266 g/mol. The van der Waals surface area contributed by atoms with Crippen LogP contribution < -0.4 is 5.73 Å². The fourth-order valence-corrected chi connectivity index (χ4v) is 2.29. The van der Waals surface area contributed by atoms with Crippen molar-refractivity contribution >= 4 is 17.6 Å². The van der Waals surface area contributed by atoms with Crippen molar-refractivity contribution in [2.24, 2.45) is 0 Å². The largest absolute Gasteiger partial charge is 0.480 e. The van der Waals surface area contributed by atoms with E-state index in [1.54, 1.807) is 0 Å². The number of rotatable bonds is 2. The molecule has 1 atom stereocenters. The third-order valence-electron chi connectivity index (χ3n) is 3.27. The number of likely N-dealkylation sites (tertiary alicyclic amines) is 1. The number of hydrogen-bond acceptors (Lipinski definition) is 3. The number of carbonyl (C=O) groups excluding carboxylic acids is 1. The molecule has 19 heavy (non-hydrogen) atoms. The number of piperidine rings is 1. The van der Waals surface area contributed by atoms with E-state index in [-0.39, 0.29) is 11.3 Å². The number of amides is 1. The van der Waals surface area contributed by atoms with Gasteiger partial charge in [0.2, 0.25) is 0 Å². The summed E-state index contributed by atoms with van der Waals surface area (Å²) < 4.78 is 13.7. The van der Waals surface area contributed by atoms with Crippen molar-refractivity contribution in [2.75, 3.05) is 12.3 Å². The number of benzene rings is 1. The van der Waals surface area contributed by atoms with Gasteiger partial charge in [-0.2, -0.15) is 0 Å². The van der Waals surface area contributed by atoms with Crippen LogP contribution in [0.2, 0.25) is 0 Å². The van der Waals surface area contributed by atoms with Crippen molar-refractivity contribution in [1.29, 1.82) is 0 Å². The first-order valence-corrected chi connectivity index (χ1v) is 6.09. The average Bonchev–Trinajstić information content (AvgIpc) is 2.38. The van der Waals surface area contributed by atoms with Gasteiger partial charge in [-0.15, -0.1) is 0 Å². The summed E-state index contributed by atoms with van der Waals surface area (Å²) in [4.78, 5) is 24.6. The van der Waals surface area contributed by atoms with Gasteiger partial charge in [-0.05, 0) is 37.5 Å². The Labute approximate surface area is 109 Å². The van der Waals surface area contributed by atoms with Crippen LogP contribution in [0.15, 0.2) is 18.2 Å². The minimum absolute atomic E-state index is 0.137. The highest BCUT2D eigenvalue weighted by molar-refractivity contribution is 5.97. The fourth-order valence-electron chi connectivity index (χ4n) is 2.29. The number of carboxylic acid groups (broad SMARTS) is 1. The Kier molecular flexibility index (Phi) is 3.69. The molecule has 2 rings (SSSR count). The molecule has 102 valence electrons. The maximum Gasteiger partial charge on any atom is 0.326 e. The van der Waals surface area contributed by atoms with E-state index < -0.39 is 23.7 Å². The maximum absolute atomic E-state index is 13.7. The van der Waals surface area contributed by atoms with Crippen LogP contribution in [0, 0.1) is 5.82 Å². The molecule has 1 aromatic rings. The van der Waals surface area contributed by atoms with Crippen LogP contribution in [-0.4, -0.2) is 34.5 Å². The summed E-state index contributed by atoms with van der Waals surface area (Å²) in [5.74, 6) is -2.37. The van der Waals surface area contributed by atoms with Crippen molar-refractivity contribution in [3.63, 3.8) is 0 Å². The minimum Gasteiger partial charge on any atom is -0.480 e. The molecule has 0 saturated carbocycles. The molecule has 0 aliphatic carbocycles. The number of nitrogen functional groups attached to an aromatic ring is 1. The second-order valence-electron chi connectivity index (χ2n) is 4.59. The lowest BCUT2D eigenvalue weighted by Gasteiger charge is -2.33. The summed E-state index contributed by atoms with van der Waals surface area (Å²) in [6.07, 6.45) is 1.88. The number of aliphatic carboxylic acids is 1. The molecule has 1 heterocycles. The lowest BCUT2D eigenvalue weighted by molar-refractivity contribution is -0.143. The second-order valence-corrected chi connectivity index (χ2v) is 4.59. The molecule has 3 N–H and O–H groups in total. The summed E-state index contributed by atoms with van der Waals surface area (Å²) in [6.45, 7) is 0.333. The predicted molar refractivity (Wildman–Crippen MR) is 67.1 cm³/mol. The zero-order valence-corrected chi connectivity index (χ0v) is 10.3. The van der Waals surface area contributed by atoms with E-state index in [9.17, 15) is 14.0 Å². The van der Waals surface area contributed by atoms with Gasteiger partial charge in [-0.1, -0.05) is 0 Å². The molecule has 0 unspecified atom stereocenters. The van der Waals surface area contributed by atoms with Crippen molar-refractivity contribution < 1.29 is 19.1 Å². The summed E-state index contributed by atoms with van der Waals surface area (Å²) in [7, 11) is 0. The summed E-state index contributed by atoms with van der Waals surface area (Å²) in [5, 5.41) is 9.11. The molecular formula is C13H15FN2O3. The lowest BCUT2D eigenvalue weighted by atomic mass is 10.0. The summed E-state index contributed by atoms with van der Waals surface area (Å²) in [6, 6.07) is 2.90.